The van der Waals surface area contributed by atoms with Crippen LogP contribution in [-0.4, -0.2) is 54.9 Å². The average Bonchev–Trinajstić information content (AvgIpc) is 2.40. The molecule has 0 radical (unpaired) electrons. The van der Waals surface area contributed by atoms with Gasteiger partial charge in [0.1, 0.15) is 12.2 Å². The fourth-order valence-corrected chi connectivity index (χ4v) is 2.87. The lowest BCUT2D eigenvalue weighted by Gasteiger charge is -2.34. The number of aryl methyl sites for hydroxylation is 1. The van der Waals surface area contributed by atoms with Gasteiger partial charge in [0.25, 0.3) is 10.1 Å². The Labute approximate surface area is 116 Å². The Hall–Kier alpha value is -1.03. The van der Waals surface area contributed by atoms with Gasteiger partial charge in [-0.15, -0.1) is 0 Å². The summed E-state index contributed by atoms with van der Waals surface area (Å²) in [5.74, 6) is 0. The highest BCUT2D eigenvalue weighted by atomic mass is 32.2. The minimum Gasteiger partial charge on any atom is -0.388 e. The lowest BCUT2D eigenvalue weighted by molar-refractivity contribution is -0.244. The topological polar surface area (TPSA) is 113 Å². The summed E-state index contributed by atoms with van der Waals surface area (Å²) in [4.78, 5) is -0.109. The molecule has 0 saturated carbocycles. The van der Waals surface area contributed by atoms with Crippen LogP contribution in [0.25, 0.3) is 0 Å². The van der Waals surface area contributed by atoms with Gasteiger partial charge in [0, 0.05) is 0 Å². The van der Waals surface area contributed by atoms with Crippen molar-refractivity contribution in [1.82, 2.24) is 0 Å². The van der Waals surface area contributed by atoms with Crippen LogP contribution >= 0.6 is 0 Å². The molecule has 1 aliphatic heterocycles. The van der Waals surface area contributed by atoms with Crippen LogP contribution in [0.3, 0.4) is 0 Å². The molecule has 0 aliphatic carbocycles. The predicted octanol–water partition coefficient (Wildman–Crippen LogP) is -0.861. The first-order valence-corrected chi connectivity index (χ1v) is 7.38. The third-order valence-electron chi connectivity index (χ3n) is 3.00. The molecule has 0 spiro atoms. The van der Waals surface area contributed by atoms with Crippen LogP contribution in [0.4, 0.5) is 0 Å². The zero-order valence-corrected chi connectivity index (χ0v) is 11.5. The van der Waals surface area contributed by atoms with Crippen molar-refractivity contribution in [2.24, 2.45) is 0 Å². The van der Waals surface area contributed by atoms with Crippen LogP contribution in [0.1, 0.15) is 5.56 Å². The van der Waals surface area contributed by atoms with E-state index in [2.05, 4.69) is 0 Å². The second kappa shape index (κ2) is 5.76. The van der Waals surface area contributed by atoms with Gasteiger partial charge < -0.3 is 20.1 Å². The van der Waals surface area contributed by atoms with E-state index < -0.39 is 34.7 Å². The van der Waals surface area contributed by atoms with Crippen LogP contribution in [0.2, 0.25) is 0 Å². The average molecular weight is 304 g/mol. The number of hydrogen-bond acceptors (Lipinski definition) is 7. The van der Waals surface area contributed by atoms with E-state index in [1.165, 1.54) is 12.1 Å². The summed E-state index contributed by atoms with van der Waals surface area (Å²) in [6.45, 7) is 1.50. The minimum absolute atomic E-state index is 0.109. The van der Waals surface area contributed by atoms with Gasteiger partial charge in [0.05, 0.1) is 11.5 Å². The molecule has 0 unspecified atom stereocenters. The normalized spacial score (nSPS) is 31.2. The number of ether oxygens (including phenoxy) is 1. The Morgan fingerprint density at radius 3 is 2.40 bits per heavy atom. The van der Waals surface area contributed by atoms with Crippen molar-refractivity contribution >= 4 is 10.1 Å². The van der Waals surface area contributed by atoms with Crippen molar-refractivity contribution in [2.75, 3.05) is 6.61 Å². The van der Waals surface area contributed by atoms with Crippen LogP contribution in [0.5, 0.6) is 0 Å². The standard InChI is InChI=1S/C12H16O7S/c1-7-2-4-8(5-3-7)20(16,17)19-11-10(14)9(13)6-18-12(11)15/h2-5,9-15H,6H2,1H3/t9-,10+,11+,12+/m1/s1. The molecule has 3 N–H and O–H groups in total. The van der Waals surface area contributed by atoms with Crippen molar-refractivity contribution in [1.29, 1.82) is 0 Å². The molecule has 1 heterocycles. The highest BCUT2D eigenvalue weighted by Gasteiger charge is 2.41. The van der Waals surface area contributed by atoms with Crippen molar-refractivity contribution < 1.29 is 32.7 Å². The maximum atomic E-state index is 12.0. The van der Waals surface area contributed by atoms with E-state index in [0.717, 1.165) is 5.56 Å². The largest absolute Gasteiger partial charge is 0.388 e. The summed E-state index contributed by atoms with van der Waals surface area (Å²) < 4.78 is 33.6. The summed E-state index contributed by atoms with van der Waals surface area (Å²) in [6.07, 6.45) is -6.09. The number of aliphatic hydroxyl groups excluding tert-OH is 3. The van der Waals surface area contributed by atoms with Crippen LogP contribution < -0.4 is 0 Å². The summed E-state index contributed by atoms with van der Waals surface area (Å²) >= 11 is 0. The summed E-state index contributed by atoms with van der Waals surface area (Å²) in [6, 6.07) is 5.89. The molecular formula is C12H16O7S. The molecule has 2 rings (SSSR count). The van der Waals surface area contributed by atoms with E-state index in [4.69, 9.17) is 8.92 Å². The molecule has 1 aromatic carbocycles. The van der Waals surface area contributed by atoms with Crippen LogP contribution in [-0.2, 0) is 19.0 Å². The Morgan fingerprint density at radius 1 is 1.20 bits per heavy atom. The predicted molar refractivity (Wildman–Crippen MR) is 67.2 cm³/mol. The fraction of sp³-hybridized carbons (Fsp3) is 0.500. The van der Waals surface area contributed by atoms with Crippen molar-refractivity contribution in [2.45, 2.75) is 36.4 Å². The molecule has 4 atom stereocenters. The van der Waals surface area contributed by atoms with Gasteiger partial charge in [-0.1, -0.05) is 17.7 Å². The molecule has 20 heavy (non-hydrogen) atoms. The maximum Gasteiger partial charge on any atom is 0.297 e. The quantitative estimate of drug-likeness (QED) is 0.623. The van der Waals surface area contributed by atoms with Gasteiger partial charge in [-0.25, -0.2) is 0 Å². The van der Waals surface area contributed by atoms with Crippen molar-refractivity contribution in [3.63, 3.8) is 0 Å². The Morgan fingerprint density at radius 2 is 1.80 bits per heavy atom. The number of rotatable bonds is 3. The highest BCUT2D eigenvalue weighted by Crippen LogP contribution is 2.22. The first-order valence-electron chi connectivity index (χ1n) is 5.97. The first-order chi connectivity index (χ1) is 9.31. The molecule has 7 nitrogen and oxygen atoms in total. The van der Waals surface area contributed by atoms with E-state index in [1.54, 1.807) is 19.1 Å². The van der Waals surface area contributed by atoms with Crippen molar-refractivity contribution in [3.8, 4) is 0 Å². The molecular weight excluding hydrogens is 288 g/mol. The monoisotopic (exact) mass is 304 g/mol. The summed E-state index contributed by atoms with van der Waals surface area (Å²) in [5.41, 5.74) is 0.875. The molecule has 1 aromatic rings. The molecule has 0 aromatic heterocycles. The second-order valence-electron chi connectivity index (χ2n) is 4.61. The van der Waals surface area contributed by atoms with E-state index in [1.807, 2.05) is 0 Å². The minimum atomic E-state index is -4.18. The zero-order chi connectivity index (χ0) is 14.9. The lowest BCUT2D eigenvalue weighted by Crippen LogP contribution is -2.54. The third kappa shape index (κ3) is 3.17. The molecule has 112 valence electrons. The third-order valence-corrected chi connectivity index (χ3v) is 4.32. The molecule has 1 fully saturated rings. The summed E-state index contributed by atoms with van der Waals surface area (Å²) in [7, 11) is -4.18. The Balaban J connectivity index is 2.20. The molecule has 8 heteroatoms. The second-order valence-corrected chi connectivity index (χ2v) is 6.18. The van der Waals surface area contributed by atoms with E-state index in [0.29, 0.717) is 0 Å². The molecule has 1 saturated heterocycles. The molecule has 0 amide bonds. The van der Waals surface area contributed by atoms with E-state index in [-0.39, 0.29) is 11.5 Å². The van der Waals surface area contributed by atoms with Crippen molar-refractivity contribution in [3.05, 3.63) is 29.8 Å². The van der Waals surface area contributed by atoms with Gasteiger partial charge in [-0.2, -0.15) is 8.42 Å². The Bertz CT molecular complexity index is 554. The fourth-order valence-electron chi connectivity index (χ4n) is 1.79. The highest BCUT2D eigenvalue weighted by molar-refractivity contribution is 7.86. The molecule has 0 bridgehead atoms. The summed E-state index contributed by atoms with van der Waals surface area (Å²) in [5, 5.41) is 28.6. The number of benzene rings is 1. The lowest BCUT2D eigenvalue weighted by atomic mass is 10.1. The van der Waals surface area contributed by atoms with Crippen LogP contribution in [0, 0.1) is 6.92 Å². The number of aliphatic hydroxyl groups is 3. The maximum absolute atomic E-state index is 12.0. The van der Waals surface area contributed by atoms with Gasteiger partial charge in [0.2, 0.25) is 0 Å². The van der Waals surface area contributed by atoms with Gasteiger partial charge >= 0.3 is 0 Å². The number of hydrogen-bond donors (Lipinski definition) is 3. The van der Waals surface area contributed by atoms with Gasteiger partial charge in [-0.3, -0.25) is 4.18 Å². The zero-order valence-electron chi connectivity index (χ0n) is 10.7. The smallest absolute Gasteiger partial charge is 0.297 e. The SMILES string of the molecule is Cc1ccc(S(=O)(=O)O[C@H]2[C@@H](O)[C@H](O)CO[C@@H]2O)cc1. The van der Waals surface area contributed by atoms with Gasteiger partial charge in [-0.05, 0) is 19.1 Å². The van der Waals surface area contributed by atoms with Crippen LogP contribution in [0.15, 0.2) is 29.2 Å². The van der Waals surface area contributed by atoms with E-state index >= 15 is 0 Å². The van der Waals surface area contributed by atoms with Gasteiger partial charge in [0.15, 0.2) is 12.4 Å². The Kier molecular flexibility index (Phi) is 4.43. The first kappa shape index (κ1) is 15.4. The van der Waals surface area contributed by atoms with E-state index in [9.17, 15) is 23.7 Å². The molecule has 1 aliphatic rings.